The van der Waals surface area contributed by atoms with E-state index in [1.165, 1.54) is 0 Å². The van der Waals surface area contributed by atoms with Crippen LogP contribution in [-0.2, 0) is 9.47 Å². The fraction of sp³-hybridized carbons (Fsp3) is 1.00. The number of hydrogen-bond donors (Lipinski definition) is 1. The van der Waals surface area contributed by atoms with Gasteiger partial charge in [-0.25, -0.2) is 0 Å². The fourth-order valence-electron chi connectivity index (χ4n) is 2.57. The van der Waals surface area contributed by atoms with E-state index in [-0.39, 0.29) is 12.2 Å². The van der Waals surface area contributed by atoms with Crippen LogP contribution in [0.2, 0.25) is 0 Å². The van der Waals surface area contributed by atoms with Crippen LogP contribution in [0.3, 0.4) is 0 Å². The largest absolute Gasteiger partial charge is 0.344 e. The van der Waals surface area contributed by atoms with Gasteiger partial charge >= 0.3 is 0 Å². The Hall–Kier alpha value is -0.120. The first-order valence-electron chi connectivity index (χ1n) is 6.78. The minimum absolute atomic E-state index is 0.202. The van der Waals surface area contributed by atoms with Gasteiger partial charge < -0.3 is 14.8 Å². The highest BCUT2D eigenvalue weighted by Gasteiger charge is 2.45. The third-order valence-corrected chi connectivity index (χ3v) is 3.76. The number of ether oxygens (including phenoxy) is 2. The second kappa shape index (κ2) is 5.68. The van der Waals surface area contributed by atoms with Crippen molar-refractivity contribution in [1.82, 2.24) is 5.32 Å². The molecule has 0 bridgehead atoms. The van der Waals surface area contributed by atoms with Crippen LogP contribution in [0, 0.1) is 17.8 Å². The van der Waals surface area contributed by atoms with Gasteiger partial charge in [-0.05, 0) is 45.2 Å². The molecule has 0 aromatic rings. The summed E-state index contributed by atoms with van der Waals surface area (Å²) in [5.74, 6) is 1.14. The summed E-state index contributed by atoms with van der Waals surface area (Å²) in [7, 11) is 2.00. The van der Waals surface area contributed by atoms with E-state index in [9.17, 15) is 0 Å². The highest BCUT2D eigenvalue weighted by atomic mass is 16.8. The summed E-state index contributed by atoms with van der Waals surface area (Å²) in [6.07, 6.45) is 0.410. The first-order valence-corrected chi connectivity index (χ1v) is 6.78. The van der Waals surface area contributed by atoms with Crippen molar-refractivity contribution in [2.75, 3.05) is 13.6 Å². The van der Waals surface area contributed by atoms with Crippen LogP contribution in [0.1, 0.15) is 41.5 Å². The molecule has 0 spiro atoms. The van der Waals surface area contributed by atoms with Crippen LogP contribution in [0.15, 0.2) is 0 Å². The van der Waals surface area contributed by atoms with Gasteiger partial charge in [0.05, 0.1) is 12.2 Å². The Bertz CT molecular complexity index is 240. The molecule has 102 valence electrons. The molecule has 0 amide bonds. The molecule has 1 fully saturated rings. The number of hydrogen-bond acceptors (Lipinski definition) is 3. The summed E-state index contributed by atoms with van der Waals surface area (Å²) in [5.41, 5.74) is 0. The van der Waals surface area contributed by atoms with Crippen LogP contribution in [0.25, 0.3) is 0 Å². The Morgan fingerprint density at radius 2 is 1.59 bits per heavy atom. The summed E-state index contributed by atoms with van der Waals surface area (Å²) >= 11 is 0. The van der Waals surface area contributed by atoms with Crippen LogP contribution in [0.4, 0.5) is 0 Å². The molecule has 1 saturated heterocycles. The van der Waals surface area contributed by atoms with E-state index in [0.717, 1.165) is 6.54 Å². The molecule has 0 radical (unpaired) electrons. The molecule has 1 aliphatic heterocycles. The average Bonchev–Trinajstić information content (AvgIpc) is 2.54. The second-order valence-electron chi connectivity index (χ2n) is 6.20. The van der Waals surface area contributed by atoms with Gasteiger partial charge in [-0.15, -0.1) is 0 Å². The predicted octanol–water partition coefficient (Wildman–Crippen LogP) is 2.65. The fourth-order valence-corrected chi connectivity index (χ4v) is 2.57. The molecule has 0 aromatic heterocycles. The number of rotatable bonds is 5. The lowest BCUT2D eigenvalue weighted by Crippen LogP contribution is -2.38. The predicted molar refractivity (Wildman–Crippen MR) is 70.9 cm³/mol. The summed E-state index contributed by atoms with van der Waals surface area (Å²) in [5, 5.41) is 3.24. The van der Waals surface area contributed by atoms with Crippen molar-refractivity contribution in [2.24, 2.45) is 17.8 Å². The van der Waals surface area contributed by atoms with Crippen LogP contribution in [0.5, 0.6) is 0 Å². The van der Waals surface area contributed by atoms with Crippen molar-refractivity contribution >= 4 is 0 Å². The Morgan fingerprint density at radius 3 is 2.06 bits per heavy atom. The molecule has 0 aromatic carbocycles. The zero-order valence-corrected chi connectivity index (χ0v) is 12.4. The lowest BCUT2D eigenvalue weighted by atomic mass is 9.85. The van der Waals surface area contributed by atoms with Gasteiger partial charge in [-0.3, -0.25) is 0 Å². The second-order valence-corrected chi connectivity index (χ2v) is 6.20. The highest BCUT2D eigenvalue weighted by Crippen LogP contribution is 2.37. The van der Waals surface area contributed by atoms with Crippen molar-refractivity contribution < 1.29 is 9.47 Å². The molecule has 4 atom stereocenters. The first kappa shape index (κ1) is 14.9. The minimum atomic E-state index is -0.437. The van der Waals surface area contributed by atoms with Gasteiger partial charge in [0.25, 0.3) is 0 Å². The highest BCUT2D eigenvalue weighted by molar-refractivity contribution is 4.88. The first-order chi connectivity index (χ1) is 7.78. The molecule has 3 nitrogen and oxygen atoms in total. The SMILES string of the molecule is CNCC(C)C(C)C1OC(C)(C)OC1C(C)C. The minimum Gasteiger partial charge on any atom is -0.344 e. The Labute approximate surface area is 106 Å². The lowest BCUT2D eigenvalue weighted by Gasteiger charge is -2.29. The third-order valence-electron chi connectivity index (χ3n) is 3.76. The molecule has 3 heteroatoms. The summed E-state index contributed by atoms with van der Waals surface area (Å²) in [6, 6.07) is 0. The van der Waals surface area contributed by atoms with E-state index in [1.54, 1.807) is 0 Å². The molecule has 0 saturated carbocycles. The van der Waals surface area contributed by atoms with Gasteiger partial charge in [-0.2, -0.15) is 0 Å². The molecular weight excluding hydrogens is 214 g/mol. The van der Waals surface area contributed by atoms with Crippen molar-refractivity contribution in [1.29, 1.82) is 0 Å². The quantitative estimate of drug-likeness (QED) is 0.805. The molecule has 1 rings (SSSR count). The van der Waals surface area contributed by atoms with E-state index in [2.05, 4.69) is 33.0 Å². The van der Waals surface area contributed by atoms with Crippen molar-refractivity contribution in [3.05, 3.63) is 0 Å². The zero-order chi connectivity index (χ0) is 13.2. The van der Waals surface area contributed by atoms with Gasteiger partial charge in [0.15, 0.2) is 5.79 Å². The van der Waals surface area contributed by atoms with Crippen LogP contribution in [-0.4, -0.2) is 31.6 Å². The number of nitrogens with one attached hydrogen (secondary N) is 1. The van der Waals surface area contributed by atoms with E-state index in [4.69, 9.17) is 9.47 Å². The van der Waals surface area contributed by atoms with E-state index in [1.807, 2.05) is 20.9 Å². The average molecular weight is 243 g/mol. The van der Waals surface area contributed by atoms with Crippen molar-refractivity contribution in [2.45, 2.75) is 59.5 Å². The lowest BCUT2D eigenvalue weighted by molar-refractivity contribution is -0.153. The third kappa shape index (κ3) is 3.67. The molecule has 1 heterocycles. The Balaban J connectivity index is 2.73. The van der Waals surface area contributed by atoms with E-state index < -0.39 is 5.79 Å². The normalized spacial score (nSPS) is 31.8. The van der Waals surface area contributed by atoms with Gasteiger partial charge in [-0.1, -0.05) is 27.7 Å². The molecule has 0 aliphatic carbocycles. The van der Waals surface area contributed by atoms with Gasteiger partial charge in [0, 0.05) is 0 Å². The topological polar surface area (TPSA) is 30.5 Å². The molecule has 1 aliphatic rings. The summed E-state index contributed by atoms with van der Waals surface area (Å²) in [4.78, 5) is 0. The maximum atomic E-state index is 6.10. The van der Waals surface area contributed by atoms with Crippen LogP contribution >= 0.6 is 0 Å². The maximum Gasteiger partial charge on any atom is 0.163 e. The zero-order valence-electron chi connectivity index (χ0n) is 12.4. The molecule has 1 N–H and O–H groups in total. The smallest absolute Gasteiger partial charge is 0.163 e. The maximum absolute atomic E-state index is 6.10. The Morgan fingerprint density at radius 1 is 1.06 bits per heavy atom. The standard InChI is InChI=1S/C14H29NO2/c1-9(2)12-13(17-14(5,6)16-12)11(4)10(3)8-15-7/h9-13,15H,8H2,1-7H3. The molecule has 17 heavy (non-hydrogen) atoms. The monoisotopic (exact) mass is 243 g/mol. The summed E-state index contributed by atoms with van der Waals surface area (Å²) < 4.78 is 12.1. The molecular formula is C14H29NO2. The summed E-state index contributed by atoms with van der Waals surface area (Å²) in [6.45, 7) is 14.0. The van der Waals surface area contributed by atoms with Gasteiger partial charge in [0.1, 0.15) is 0 Å². The van der Waals surface area contributed by atoms with E-state index in [0.29, 0.717) is 17.8 Å². The molecule has 4 unspecified atom stereocenters. The van der Waals surface area contributed by atoms with Gasteiger partial charge in [0.2, 0.25) is 0 Å². The van der Waals surface area contributed by atoms with E-state index >= 15 is 0 Å². The van der Waals surface area contributed by atoms with Crippen LogP contribution < -0.4 is 5.32 Å². The van der Waals surface area contributed by atoms with Crippen molar-refractivity contribution in [3.8, 4) is 0 Å². The van der Waals surface area contributed by atoms with Crippen molar-refractivity contribution in [3.63, 3.8) is 0 Å². The Kier molecular flexibility index (Phi) is 4.99.